The summed E-state index contributed by atoms with van der Waals surface area (Å²) >= 11 is 0. The molecule has 0 unspecified atom stereocenters. The first-order valence-corrected chi connectivity index (χ1v) is 8.21. The number of hydrogen-bond donors (Lipinski definition) is 0. The predicted molar refractivity (Wildman–Crippen MR) is 97.2 cm³/mol. The number of carbonyl (C=O) groups excluding carboxylic acids is 1. The van der Waals surface area contributed by atoms with Crippen LogP contribution in [0.15, 0.2) is 61.3 Å². The van der Waals surface area contributed by atoms with E-state index in [1.54, 1.807) is 10.9 Å². The number of benzene rings is 2. The number of aromatic nitrogens is 2. The number of rotatable bonds is 4. The van der Waals surface area contributed by atoms with Crippen molar-refractivity contribution in [3.8, 4) is 17.0 Å². The average Bonchev–Trinajstić information content (AvgIpc) is 2.99. The van der Waals surface area contributed by atoms with Crippen LogP contribution in [0.25, 0.3) is 17.0 Å². The van der Waals surface area contributed by atoms with Crippen molar-refractivity contribution in [2.75, 3.05) is 0 Å². The highest BCUT2D eigenvalue weighted by Crippen LogP contribution is 2.41. The fourth-order valence-corrected chi connectivity index (χ4v) is 3.21. The van der Waals surface area contributed by atoms with Gasteiger partial charge in [0.15, 0.2) is 5.78 Å². The van der Waals surface area contributed by atoms with E-state index in [-0.39, 0.29) is 12.3 Å². The average molecular weight is 330 g/mol. The topological polar surface area (TPSA) is 44.1 Å². The lowest BCUT2D eigenvalue weighted by Gasteiger charge is -2.20. The number of aryl methyl sites for hydroxylation is 1. The smallest absolute Gasteiger partial charge is 0.158 e. The minimum absolute atomic E-state index is 0.117. The zero-order valence-corrected chi connectivity index (χ0v) is 14.0. The van der Waals surface area contributed by atoms with Crippen molar-refractivity contribution in [1.29, 1.82) is 0 Å². The fraction of sp³-hybridized carbons (Fsp3) is 0.143. The lowest BCUT2D eigenvalue weighted by Crippen LogP contribution is -2.16. The Bertz CT molecular complexity index is 985. The van der Waals surface area contributed by atoms with Gasteiger partial charge in [0.05, 0.1) is 17.5 Å². The summed E-state index contributed by atoms with van der Waals surface area (Å²) in [6.07, 6.45) is 2.11. The van der Waals surface area contributed by atoms with Gasteiger partial charge in [-0.2, -0.15) is 5.10 Å². The number of Topliss-reactive ketones (excluding diaryl/α,β-unsaturated/α-hetero) is 1. The van der Waals surface area contributed by atoms with Crippen LogP contribution in [0, 0.1) is 6.92 Å². The van der Waals surface area contributed by atoms with Crippen molar-refractivity contribution in [1.82, 2.24) is 9.78 Å². The second-order valence-electron chi connectivity index (χ2n) is 6.29. The number of hydrogen-bond acceptors (Lipinski definition) is 3. The Kier molecular flexibility index (Phi) is 3.73. The molecule has 3 aromatic rings. The maximum atomic E-state index is 12.6. The van der Waals surface area contributed by atoms with Gasteiger partial charge in [0.2, 0.25) is 0 Å². The number of ether oxygens (including phenoxy) is 1. The monoisotopic (exact) mass is 330 g/mol. The summed E-state index contributed by atoms with van der Waals surface area (Å²) in [5, 5.41) is 4.40. The SMILES string of the molecule is C=C1Oc2ccccc2-c2c1cnn2CC(=O)Cc1cccc(C)c1. The van der Waals surface area contributed by atoms with Gasteiger partial charge in [-0.05, 0) is 24.6 Å². The fourth-order valence-electron chi connectivity index (χ4n) is 3.21. The molecular weight excluding hydrogens is 312 g/mol. The van der Waals surface area contributed by atoms with E-state index in [4.69, 9.17) is 4.74 Å². The van der Waals surface area contributed by atoms with Crippen LogP contribution in [0.5, 0.6) is 5.75 Å². The molecule has 0 fully saturated rings. The third-order valence-electron chi connectivity index (χ3n) is 4.33. The van der Waals surface area contributed by atoms with Gasteiger partial charge in [-0.15, -0.1) is 0 Å². The van der Waals surface area contributed by atoms with E-state index in [2.05, 4.69) is 11.7 Å². The molecular formula is C21H18N2O2. The van der Waals surface area contributed by atoms with Crippen molar-refractivity contribution in [2.45, 2.75) is 19.9 Å². The highest BCUT2D eigenvalue weighted by Gasteiger charge is 2.25. The maximum absolute atomic E-state index is 12.6. The first-order chi connectivity index (χ1) is 12.1. The van der Waals surface area contributed by atoms with E-state index < -0.39 is 0 Å². The summed E-state index contributed by atoms with van der Waals surface area (Å²) in [4.78, 5) is 12.6. The van der Waals surface area contributed by atoms with E-state index in [0.29, 0.717) is 12.2 Å². The first-order valence-electron chi connectivity index (χ1n) is 8.21. The zero-order valence-electron chi connectivity index (χ0n) is 14.0. The molecule has 0 spiro atoms. The minimum atomic E-state index is 0.117. The second-order valence-corrected chi connectivity index (χ2v) is 6.29. The van der Waals surface area contributed by atoms with Crippen LogP contribution in [0.1, 0.15) is 16.7 Å². The van der Waals surface area contributed by atoms with Crippen LogP contribution in [0.4, 0.5) is 0 Å². The lowest BCUT2D eigenvalue weighted by molar-refractivity contribution is -0.119. The Balaban J connectivity index is 1.63. The van der Waals surface area contributed by atoms with E-state index >= 15 is 0 Å². The van der Waals surface area contributed by atoms with Crippen molar-refractivity contribution >= 4 is 11.5 Å². The molecule has 2 aromatic carbocycles. The number of ketones is 1. The first kappa shape index (κ1) is 15.4. The van der Waals surface area contributed by atoms with Gasteiger partial charge in [-0.25, -0.2) is 0 Å². The van der Waals surface area contributed by atoms with Gasteiger partial charge >= 0.3 is 0 Å². The molecule has 1 aliphatic heterocycles. The molecule has 0 radical (unpaired) electrons. The molecule has 1 aliphatic rings. The molecule has 0 bridgehead atoms. The maximum Gasteiger partial charge on any atom is 0.158 e. The number of carbonyl (C=O) groups is 1. The minimum Gasteiger partial charge on any atom is -0.457 e. The zero-order chi connectivity index (χ0) is 17.4. The predicted octanol–water partition coefficient (Wildman–Crippen LogP) is 4.03. The molecule has 0 atom stereocenters. The summed E-state index contributed by atoms with van der Waals surface area (Å²) in [7, 11) is 0. The second kappa shape index (κ2) is 6.06. The van der Waals surface area contributed by atoms with E-state index in [1.807, 2.05) is 55.5 Å². The van der Waals surface area contributed by atoms with Gasteiger partial charge < -0.3 is 4.74 Å². The largest absolute Gasteiger partial charge is 0.457 e. The molecule has 4 heteroatoms. The normalized spacial score (nSPS) is 12.3. The van der Waals surface area contributed by atoms with Crippen molar-refractivity contribution in [2.24, 2.45) is 0 Å². The molecule has 25 heavy (non-hydrogen) atoms. The van der Waals surface area contributed by atoms with Crippen LogP contribution in [-0.2, 0) is 17.8 Å². The van der Waals surface area contributed by atoms with Crippen LogP contribution in [-0.4, -0.2) is 15.6 Å². The third kappa shape index (κ3) is 2.87. The Hall–Kier alpha value is -3.14. The Morgan fingerprint density at radius 3 is 2.84 bits per heavy atom. The molecule has 0 saturated carbocycles. The quantitative estimate of drug-likeness (QED) is 0.725. The summed E-state index contributed by atoms with van der Waals surface area (Å²) in [6, 6.07) is 15.8. The van der Waals surface area contributed by atoms with Crippen LogP contribution < -0.4 is 4.74 Å². The van der Waals surface area contributed by atoms with Gasteiger partial charge in [0.25, 0.3) is 0 Å². The van der Waals surface area contributed by atoms with E-state index in [9.17, 15) is 4.79 Å². The van der Waals surface area contributed by atoms with E-state index in [1.165, 1.54) is 0 Å². The van der Waals surface area contributed by atoms with Crippen molar-refractivity contribution < 1.29 is 9.53 Å². The molecule has 1 aromatic heterocycles. The standard InChI is InChI=1S/C21H18N2O2/c1-14-6-5-7-16(10-14)11-17(24)13-23-21-18-8-3-4-9-20(18)25-15(2)19(21)12-22-23/h3-10,12H,2,11,13H2,1H3. The van der Waals surface area contributed by atoms with Crippen LogP contribution >= 0.6 is 0 Å². The lowest BCUT2D eigenvalue weighted by atomic mass is 10.0. The molecule has 4 rings (SSSR count). The molecule has 0 amide bonds. The molecule has 2 heterocycles. The third-order valence-corrected chi connectivity index (χ3v) is 4.33. The highest BCUT2D eigenvalue weighted by molar-refractivity contribution is 5.86. The summed E-state index contributed by atoms with van der Waals surface area (Å²) in [6.45, 7) is 6.22. The van der Waals surface area contributed by atoms with E-state index in [0.717, 1.165) is 33.7 Å². The molecule has 4 nitrogen and oxygen atoms in total. The summed E-state index contributed by atoms with van der Waals surface area (Å²) in [5.41, 5.74) is 4.85. The Morgan fingerprint density at radius 1 is 1.16 bits per heavy atom. The number of nitrogens with zero attached hydrogens (tertiary/aromatic N) is 2. The van der Waals surface area contributed by atoms with Gasteiger partial charge in [-0.3, -0.25) is 9.48 Å². The van der Waals surface area contributed by atoms with Crippen LogP contribution in [0.3, 0.4) is 0 Å². The van der Waals surface area contributed by atoms with Crippen molar-refractivity contribution in [3.63, 3.8) is 0 Å². The molecule has 0 N–H and O–H groups in total. The molecule has 124 valence electrons. The van der Waals surface area contributed by atoms with Crippen molar-refractivity contribution in [3.05, 3.63) is 78.0 Å². The number of para-hydroxylation sites is 1. The van der Waals surface area contributed by atoms with Gasteiger partial charge in [0.1, 0.15) is 18.1 Å². The van der Waals surface area contributed by atoms with Gasteiger partial charge in [0, 0.05) is 12.0 Å². The molecule has 0 aliphatic carbocycles. The number of fused-ring (bicyclic) bond motifs is 3. The summed E-state index contributed by atoms with van der Waals surface area (Å²) in [5.74, 6) is 1.42. The Morgan fingerprint density at radius 2 is 2.00 bits per heavy atom. The molecule has 0 saturated heterocycles. The Labute approximate surface area is 146 Å². The highest BCUT2D eigenvalue weighted by atomic mass is 16.5. The van der Waals surface area contributed by atoms with Crippen LogP contribution in [0.2, 0.25) is 0 Å². The summed E-state index contributed by atoms with van der Waals surface area (Å²) < 4.78 is 7.50. The van der Waals surface area contributed by atoms with Gasteiger partial charge in [-0.1, -0.05) is 48.5 Å².